The molecule has 1 aliphatic rings. The molecule has 1 aromatic carbocycles. The second-order valence-corrected chi connectivity index (χ2v) is 6.92. The molecule has 2 heterocycles. The van der Waals surface area contributed by atoms with Gasteiger partial charge in [0.15, 0.2) is 5.76 Å². The molecule has 0 bridgehead atoms. The average Bonchev–Trinajstić information content (AvgIpc) is 3.19. The molecule has 28 heavy (non-hydrogen) atoms. The van der Waals surface area contributed by atoms with Crippen molar-refractivity contribution in [3.05, 3.63) is 53.5 Å². The molecule has 0 saturated carbocycles. The maximum atomic E-state index is 14.3. The Labute approximate surface area is 163 Å². The van der Waals surface area contributed by atoms with Crippen LogP contribution in [0.25, 0.3) is 0 Å². The van der Waals surface area contributed by atoms with Crippen LogP contribution >= 0.6 is 0 Å². The number of rotatable bonds is 6. The number of esters is 1. The zero-order valence-corrected chi connectivity index (χ0v) is 16.1. The second-order valence-electron chi connectivity index (χ2n) is 6.92. The van der Waals surface area contributed by atoms with E-state index in [9.17, 15) is 14.0 Å². The number of hydrogen-bond donors (Lipinski definition) is 0. The first-order chi connectivity index (χ1) is 13.5. The fourth-order valence-electron chi connectivity index (χ4n) is 3.68. The van der Waals surface area contributed by atoms with Gasteiger partial charge in [0.05, 0.1) is 19.1 Å². The van der Waals surface area contributed by atoms with Crippen LogP contribution in [0.4, 0.5) is 4.39 Å². The lowest BCUT2D eigenvalue weighted by Gasteiger charge is -2.40. The summed E-state index contributed by atoms with van der Waals surface area (Å²) in [6, 6.07) is 9.48. The number of piperidine rings is 1. The van der Waals surface area contributed by atoms with Crippen molar-refractivity contribution in [3.8, 4) is 5.95 Å². The van der Waals surface area contributed by atoms with Crippen LogP contribution < -0.4 is 4.74 Å². The third-order valence-corrected chi connectivity index (χ3v) is 5.05. The van der Waals surface area contributed by atoms with Crippen molar-refractivity contribution in [1.82, 2.24) is 4.90 Å². The molecule has 0 spiro atoms. The van der Waals surface area contributed by atoms with Crippen molar-refractivity contribution in [3.63, 3.8) is 0 Å². The lowest BCUT2D eigenvalue weighted by Crippen LogP contribution is -2.51. The summed E-state index contributed by atoms with van der Waals surface area (Å²) in [4.78, 5) is 27.3. The molecule has 7 heteroatoms. The molecule has 0 radical (unpaired) electrons. The number of benzene rings is 1. The van der Waals surface area contributed by atoms with Crippen LogP contribution in [-0.4, -0.2) is 43.6 Å². The largest absolute Gasteiger partial charge is 0.468 e. The van der Waals surface area contributed by atoms with Gasteiger partial charge in [-0.05, 0) is 43.9 Å². The lowest BCUT2D eigenvalue weighted by molar-refractivity contribution is -0.158. The van der Waals surface area contributed by atoms with Crippen molar-refractivity contribution in [1.29, 1.82) is 0 Å². The Hall–Kier alpha value is -2.83. The van der Waals surface area contributed by atoms with Crippen LogP contribution in [0.5, 0.6) is 5.95 Å². The molecule has 1 saturated heterocycles. The summed E-state index contributed by atoms with van der Waals surface area (Å²) >= 11 is 0. The summed E-state index contributed by atoms with van der Waals surface area (Å²) in [6.07, 6.45) is 1.30. The molecule has 1 atom stereocenters. The monoisotopic (exact) mass is 389 g/mol. The molecule has 150 valence electrons. The number of methoxy groups -OCH3 is 1. The van der Waals surface area contributed by atoms with E-state index in [0.717, 1.165) is 0 Å². The first-order valence-electron chi connectivity index (χ1n) is 9.33. The van der Waals surface area contributed by atoms with Crippen molar-refractivity contribution < 1.29 is 27.9 Å². The number of hydrogen-bond acceptors (Lipinski definition) is 5. The van der Waals surface area contributed by atoms with E-state index >= 15 is 0 Å². The standard InChI is InChI=1S/C21H24FNO5/c1-3-27-20(25)21(13-15-7-4-5-8-16(15)22)11-6-12-23(14-21)19(24)17-9-10-18(26-2)28-17/h4-5,7-10H,3,6,11-14H2,1-2H3/t21-/m0/s1. The van der Waals surface area contributed by atoms with Crippen molar-refractivity contribution in [2.24, 2.45) is 5.41 Å². The molecular formula is C21H24FNO5. The Morgan fingerprint density at radius 2 is 2.04 bits per heavy atom. The molecule has 1 amide bonds. The van der Waals surface area contributed by atoms with E-state index in [2.05, 4.69) is 0 Å². The van der Waals surface area contributed by atoms with Gasteiger partial charge < -0.3 is 18.8 Å². The molecule has 6 nitrogen and oxygen atoms in total. The number of halogens is 1. The number of amides is 1. The fourth-order valence-corrected chi connectivity index (χ4v) is 3.68. The number of nitrogens with zero attached hydrogens (tertiary/aromatic N) is 1. The smallest absolute Gasteiger partial charge is 0.314 e. The van der Waals surface area contributed by atoms with Gasteiger partial charge in [0.25, 0.3) is 11.9 Å². The number of likely N-dealkylation sites (tertiary alicyclic amines) is 1. The number of carbonyl (C=O) groups is 2. The summed E-state index contributed by atoms with van der Waals surface area (Å²) in [6.45, 7) is 2.58. The maximum Gasteiger partial charge on any atom is 0.314 e. The van der Waals surface area contributed by atoms with Crippen LogP contribution in [0.15, 0.2) is 40.8 Å². The molecular weight excluding hydrogens is 365 g/mol. The second kappa shape index (κ2) is 8.46. The molecule has 1 aliphatic heterocycles. The minimum atomic E-state index is -0.997. The summed E-state index contributed by atoms with van der Waals surface area (Å²) in [5.41, 5.74) is -0.562. The Balaban J connectivity index is 1.87. The molecule has 1 aromatic heterocycles. The van der Waals surface area contributed by atoms with E-state index in [1.54, 1.807) is 42.2 Å². The van der Waals surface area contributed by atoms with Crippen LogP contribution in [0.1, 0.15) is 35.9 Å². The molecule has 2 aromatic rings. The lowest BCUT2D eigenvalue weighted by atomic mass is 9.75. The third-order valence-electron chi connectivity index (χ3n) is 5.05. The molecule has 1 fully saturated rings. The van der Waals surface area contributed by atoms with E-state index in [0.29, 0.717) is 24.9 Å². The van der Waals surface area contributed by atoms with Gasteiger partial charge in [-0.15, -0.1) is 0 Å². The summed E-state index contributed by atoms with van der Waals surface area (Å²) in [7, 11) is 1.45. The highest BCUT2D eigenvalue weighted by Crippen LogP contribution is 2.36. The predicted molar refractivity (Wildman–Crippen MR) is 99.6 cm³/mol. The minimum Gasteiger partial charge on any atom is -0.468 e. The SMILES string of the molecule is CCOC(=O)[C@]1(Cc2ccccc2F)CCCN(C(=O)c2ccc(OC)o2)C1. The Morgan fingerprint density at radius 1 is 1.25 bits per heavy atom. The Kier molecular flexibility index (Phi) is 6.02. The quantitative estimate of drug-likeness (QED) is 0.708. The van der Waals surface area contributed by atoms with Gasteiger partial charge in [0.1, 0.15) is 5.82 Å². The molecule has 0 unspecified atom stereocenters. The highest BCUT2D eigenvalue weighted by atomic mass is 19.1. The van der Waals surface area contributed by atoms with Crippen LogP contribution in [0.2, 0.25) is 0 Å². The van der Waals surface area contributed by atoms with Gasteiger partial charge in [-0.25, -0.2) is 4.39 Å². The highest BCUT2D eigenvalue weighted by molar-refractivity contribution is 5.92. The first-order valence-corrected chi connectivity index (χ1v) is 9.33. The predicted octanol–water partition coefficient (Wildman–Crippen LogP) is 3.46. The van der Waals surface area contributed by atoms with E-state index in [1.807, 2.05) is 0 Å². The summed E-state index contributed by atoms with van der Waals surface area (Å²) < 4.78 is 29.9. The van der Waals surface area contributed by atoms with Gasteiger partial charge >= 0.3 is 5.97 Å². The van der Waals surface area contributed by atoms with E-state index < -0.39 is 11.4 Å². The van der Waals surface area contributed by atoms with Crippen molar-refractivity contribution in [2.75, 3.05) is 26.8 Å². The average molecular weight is 389 g/mol. The molecule has 0 N–H and O–H groups in total. The summed E-state index contributed by atoms with van der Waals surface area (Å²) in [5.74, 6) is -0.728. The van der Waals surface area contributed by atoms with Gasteiger partial charge in [0, 0.05) is 19.2 Å². The maximum absolute atomic E-state index is 14.3. The van der Waals surface area contributed by atoms with E-state index in [1.165, 1.54) is 13.2 Å². The third kappa shape index (κ3) is 4.03. The van der Waals surface area contributed by atoms with Gasteiger partial charge in [-0.3, -0.25) is 9.59 Å². The first kappa shape index (κ1) is 19.9. The van der Waals surface area contributed by atoms with Gasteiger partial charge in [0.2, 0.25) is 0 Å². The number of furan rings is 1. The Bertz CT molecular complexity index is 849. The van der Waals surface area contributed by atoms with Crippen molar-refractivity contribution in [2.45, 2.75) is 26.2 Å². The zero-order chi connectivity index (χ0) is 20.1. The number of carbonyl (C=O) groups excluding carboxylic acids is 2. The van der Waals surface area contributed by atoms with Crippen LogP contribution in [0, 0.1) is 11.2 Å². The zero-order valence-electron chi connectivity index (χ0n) is 16.1. The number of ether oxygens (including phenoxy) is 2. The van der Waals surface area contributed by atoms with Crippen LogP contribution in [-0.2, 0) is 16.0 Å². The van der Waals surface area contributed by atoms with E-state index in [-0.39, 0.29) is 43.0 Å². The van der Waals surface area contributed by atoms with E-state index in [4.69, 9.17) is 13.9 Å². The fraction of sp³-hybridized carbons (Fsp3) is 0.429. The molecule has 3 rings (SSSR count). The van der Waals surface area contributed by atoms with Gasteiger partial charge in [-0.1, -0.05) is 18.2 Å². The topological polar surface area (TPSA) is 69.0 Å². The summed E-state index contributed by atoms with van der Waals surface area (Å²) in [5, 5.41) is 0. The molecule has 0 aliphatic carbocycles. The highest BCUT2D eigenvalue weighted by Gasteiger charge is 2.45. The Morgan fingerprint density at radius 3 is 2.71 bits per heavy atom. The minimum absolute atomic E-state index is 0.141. The normalized spacial score (nSPS) is 19.3. The van der Waals surface area contributed by atoms with Gasteiger partial charge in [-0.2, -0.15) is 0 Å². The van der Waals surface area contributed by atoms with Crippen LogP contribution in [0.3, 0.4) is 0 Å². The van der Waals surface area contributed by atoms with Crippen molar-refractivity contribution >= 4 is 11.9 Å².